The van der Waals surface area contributed by atoms with Gasteiger partial charge < -0.3 is 9.47 Å². The molecule has 0 N–H and O–H groups in total. The summed E-state index contributed by atoms with van der Waals surface area (Å²) >= 11 is 4.30. The third-order valence-electron chi connectivity index (χ3n) is 1.71. The molecule has 0 aromatic heterocycles. The minimum Gasteiger partial charge on any atom is -0.373 e. The van der Waals surface area contributed by atoms with Crippen LogP contribution in [0.25, 0.3) is 0 Å². The third-order valence-corrected chi connectivity index (χ3v) is 2.01. The predicted molar refractivity (Wildman–Crippen MR) is 43.6 cm³/mol. The van der Waals surface area contributed by atoms with Gasteiger partial charge in [-0.3, -0.25) is 0 Å². The fourth-order valence-electron chi connectivity index (χ4n) is 1.18. The van der Waals surface area contributed by atoms with E-state index in [-0.39, 0.29) is 17.5 Å². The minimum absolute atomic E-state index is 0.164. The molecule has 60 valence electrons. The Labute approximate surface area is 67.3 Å². The molecule has 1 heterocycles. The van der Waals surface area contributed by atoms with Gasteiger partial charge in [0.1, 0.15) is 0 Å². The Balaban J connectivity index is 2.40. The fraction of sp³-hybridized carbons (Fsp3) is 1.00. The van der Waals surface area contributed by atoms with E-state index in [4.69, 9.17) is 9.47 Å². The largest absolute Gasteiger partial charge is 0.373 e. The summed E-state index contributed by atoms with van der Waals surface area (Å²) < 4.78 is 10.8. The summed E-state index contributed by atoms with van der Waals surface area (Å²) in [5.74, 6) is 0. The van der Waals surface area contributed by atoms with Gasteiger partial charge in [0, 0.05) is 5.25 Å². The normalized spacial score (nSPS) is 37.5. The van der Waals surface area contributed by atoms with Crippen molar-refractivity contribution in [3.05, 3.63) is 0 Å². The standard InChI is InChI=1S/C7H14O2S/c1-5-7(6(2)10)9-4-3-8-5/h5-7,10H,3-4H2,1-2H3. The van der Waals surface area contributed by atoms with Crippen LogP contribution in [0.15, 0.2) is 0 Å². The van der Waals surface area contributed by atoms with Crippen molar-refractivity contribution in [2.75, 3.05) is 13.2 Å². The average molecular weight is 162 g/mol. The number of thiol groups is 1. The van der Waals surface area contributed by atoms with E-state index in [1.165, 1.54) is 0 Å². The molecule has 3 unspecified atom stereocenters. The Morgan fingerprint density at radius 1 is 1.40 bits per heavy atom. The predicted octanol–water partition coefficient (Wildman–Crippen LogP) is 1.11. The molecule has 0 spiro atoms. The number of rotatable bonds is 1. The molecule has 0 bridgehead atoms. The second kappa shape index (κ2) is 3.60. The first-order valence-corrected chi connectivity index (χ1v) is 4.14. The molecule has 0 saturated carbocycles. The first kappa shape index (κ1) is 8.37. The van der Waals surface area contributed by atoms with Crippen LogP contribution in [0.4, 0.5) is 0 Å². The summed E-state index contributed by atoms with van der Waals surface area (Å²) in [7, 11) is 0. The van der Waals surface area contributed by atoms with Gasteiger partial charge in [-0.1, -0.05) is 6.92 Å². The summed E-state index contributed by atoms with van der Waals surface area (Å²) in [6, 6.07) is 0. The van der Waals surface area contributed by atoms with E-state index in [0.717, 1.165) is 6.61 Å². The maximum atomic E-state index is 5.45. The summed E-state index contributed by atoms with van der Waals surface area (Å²) in [5.41, 5.74) is 0. The van der Waals surface area contributed by atoms with Crippen LogP contribution in [0.2, 0.25) is 0 Å². The molecule has 2 nitrogen and oxygen atoms in total. The zero-order chi connectivity index (χ0) is 7.56. The van der Waals surface area contributed by atoms with E-state index in [1.807, 2.05) is 13.8 Å². The van der Waals surface area contributed by atoms with E-state index < -0.39 is 0 Å². The Kier molecular flexibility index (Phi) is 3.01. The van der Waals surface area contributed by atoms with Gasteiger partial charge in [0.25, 0.3) is 0 Å². The zero-order valence-corrected chi connectivity index (χ0v) is 7.30. The smallest absolute Gasteiger partial charge is 0.0948 e. The van der Waals surface area contributed by atoms with Crippen molar-refractivity contribution in [3.63, 3.8) is 0 Å². The van der Waals surface area contributed by atoms with Crippen LogP contribution in [0.1, 0.15) is 13.8 Å². The molecule has 0 aromatic carbocycles. The molecule has 0 radical (unpaired) electrons. The van der Waals surface area contributed by atoms with Crippen LogP contribution in [0.5, 0.6) is 0 Å². The van der Waals surface area contributed by atoms with Crippen LogP contribution in [-0.4, -0.2) is 30.7 Å². The van der Waals surface area contributed by atoms with Crippen LogP contribution in [0.3, 0.4) is 0 Å². The van der Waals surface area contributed by atoms with Crippen molar-refractivity contribution in [1.29, 1.82) is 0 Å². The monoisotopic (exact) mass is 162 g/mol. The molecule has 1 saturated heterocycles. The van der Waals surface area contributed by atoms with Gasteiger partial charge in [-0.15, -0.1) is 0 Å². The molecule has 3 heteroatoms. The van der Waals surface area contributed by atoms with Gasteiger partial charge >= 0.3 is 0 Å². The summed E-state index contributed by atoms with van der Waals surface area (Å²) in [4.78, 5) is 0. The van der Waals surface area contributed by atoms with Gasteiger partial charge in [0.05, 0.1) is 25.4 Å². The molecule has 0 aliphatic carbocycles. The van der Waals surface area contributed by atoms with E-state index >= 15 is 0 Å². The number of ether oxygens (including phenoxy) is 2. The molecule has 10 heavy (non-hydrogen) atoms. The van der Waals surface area contributed by atoms with Gasteiger partial charge in [-0.25, -0.2) is 0 Å². The van der Waals surface area contributed by atoms with E-state index in [2.05, 4.69) is 12.6 Å². The van der Waals surface area contributed by atoms with Crippen LogP contribution >= 0.6 is 12.6 Å². The van der Waals surface area contributed by atoms with Gasteiger partial charge in [0.15, 0.2) is 0 Å². The third kappa shape index (κ3) is 1.87. The highest BCUT2D eigenvalue weighted by Crippen LogP contribution is 2.16. The molecule has 1 fully saturated rings. The summed E-state index contributed by atoms with van der Waals surface area (Å²) in [5, 5.41) is 0.260. The average Bonchev–Trinajstić information content (AvgIpc) is 1.88. The second-order valence-corrected chi connectivity index (χ2v) is 3.47. The van der Waals surface area contributed by atoms with Crippen molar-refractivity contribution in [2.24, 2.45) is 0 Å². The fourth-order valence-corrected chi connectivity index (χ4v) is 1.51. The van der Waals surface area contributed by atoms with E-state index in [1.54, 1.807) is 0 Å². The van der Waals surface area contributed by atoms with Crippen LogP contribution < -0.4 is 0 Å². The van der Waals surface area contributed by atoms with Crippen LogP contribution in [0, 0.1) is 0 Å². The molecule has 3 atom stereocenters. The molecular weight excluding hydrogens is 148 g/mol. The SMILES string of the molecule is CC(S)C1OCCOC1C. The maximum Gasteiger partial charge on any atom is 0.0948 e. The Bertz CT molecular complexity index is 106. The van der Waals surface area contributed by atoms with Crippen LogP contribution in [-0.2, 0) is 9.47 Å². The van der Waals surface area contributed by atoms with Crippen molar-refractivity contribution in [3.8, 4) is 0 Å². The lowest BCUT2D eigenvalue weighted by molar-refractivity contribution is -0.130. The van der Waals surface area contributed by atoms with E-state index in [9.17, 15) is 0 Å². The molecule has 0 amide bonds. The summed E-state index contributed by atoms with van der Waals surface area (Å²) in [6.45, 7) is 5.48. The van der Waals surface area contributed by atoms with Gasteiger partial charge in [0.2, 0.25) is 0 Å². The maximum absolute atomic E-state index is 5.45. The van der Waals surface area contributed by atoms with Crippen molar-refractivity contribution in [2.45, 2.75) is 31.3 Å². The lowest BCUT2D eigenvalue weighted by Gasteiger charge is -2.31. The molecule has 1 aliphatic rings. The minimum atomic E-state index is 0.164. The zero-order valence-electron chi connectivity index (χ0n) is 6.41. The van der Waals surface area contributed by atoms with Crippen molar-refractivity contribution < 1.29 is 9.47 Å². The van der Waals surface area contributed by atoms with Crippen molar-refractivity contribution in [1.82, 2.24) is 0 Å². The van der Waals surface area contributed by atoms with Crippen molar-refractivity contribution >= 4 is 12.6 Å². The highest BCUT2D eigenvalue weighted by atomic mass is 32.1. The lowest BCUT2D eigenvalue weighted by atomic mass is 10.1. The molecule has 1 aliphatic heterocycles. The first-order chi connectivity index (χ1) is 4.72. The molecular formula is C7H14O2S. The molecule has 0 aromatic rings. The lowest BCUT2D eigenvalue weighted by Crippen LogP contribution is -2.41. The van der Waals surface area contributed by atoms with Gasteiger partial charge in [-0.2, -0.15) is 12.6 Å². The Morgan fingerprint density at radius 3 is 2.40 bits per heavy atom. The second-order valence-electron chi connectivity index (χ2n) is 2.65. The quantitative estimate of drug-likeness (QED) is 0.582. The number of hydrogen-bond donors (Lipinski definition) is 1. The number of hydrogen-bond acceptors (Lipinski definition) is 3. The summed E-state index contributed by atoms with van der Waals surface area (Å²) in [6.07, 6.45) is 0.360. The highest BCUT2D eigenvalue weighted by Gasteiger charge is 2.25. The van der Waals surface area contributed by atoms with Gasteiger partial charge in [-0.05, 0) is 6.92 Å². The Morgan fingerprint density at radius 2 is 2.00 bits per heavy atom. The van der Waals surface area contributed by atoms with E-state index in [0.29, 0.717) is 6.61 Å². The topological polar surface area (TPSA) is 18.5 Å². The Hall–Kier alpha value is 0.270. The highest BCUT2D eigenvalue weighted by molar-refractivity contribution is 7.81. The first-order valence-electron chi connectivity index (χ1n) is 3.63. The molecule has 1 rings (SSSR count).